The SMILES string of the molecule is O=C(Cc1ccc(OC(F)F)cc1)NCc1ccccc1Cl. The van der Waals surface area contributed by atoms with Crippen molar-refractivity contribution in [3.05, 3.63) is 64.7 Å². The van der Waals surface area contributed by atoms with Crippen LogP contribution in [-0.2, 0) is 17.8 Å². The molecule has 0 unspecified atom stereocenters. The monoisotopic (exact) mass is 325 g/mol. The molecule has 0 aliphatic heterocycles. The standard InChI is InChI=1S/C16H14ClF2NO2/c17-14-4-2-1-3-12(14)10-20-15(21)9-11-5-7-13(8-6-11)22-16(18)19/h1-8,16H,9-10H2,(H,20,21). The molecule has 0 aliphatic carbocycles. The molecule has 0 spiro atoms. The molecule has 0 bridgehead atoms. The van der Waals surface area contributed by atoms with Crippen LogP contribution in [0.3, 0.4) is 0 Å². The van der Waals surface area contributed by atoms with E-state index in [-0.39, 0.29) is 18.1 Å². The molecule has 0 fully saturated rings. The van der Waals surface area contributed by atoms with Gasteiger partial charge in [0.15, 0.2) is 0 Å². The van der Waals surface area contributed by atoms with E-state index in [0.29, 0.717) is 17.1 Å². The van der Waals surface area contributed by atoms with Gasteiger partial charge in [0, 0.05) is 11.6 Å². The van der Waals surface area contributed by atoms with Crippen LogP contribution in [0.15, 0.2) is 48.5 Å². The minimum atomic E-state index is -2.86. The third-order valence-corrected chi connectivity index (χ3v) is 3.32. The number of halogens is 3. The molecule has 116 valence electrons. The average molecular weight is 326 g/mol. The number of rotatable bonds is 6. The third-order valence-electron chi connectivity index (χ3n) is 2.95. The second-order valence-electron chi connectivity index (χ2n) is 4.57. The van der Waals surface area contributed by atoms with Gasteiger partial charge in [-0.1, -0.05) is 41.9 Å². The number of amides is 1. The molecule has 22 heavy (non-hydrogen) atoms. The Morgan fingerprint density at radius 3 is 2.45 bits per heavy atom. The van der Waals surface area contributed by atoms with Crippen LogP contribution < -0.4 is 10.1 Å². The molecule has 2 rings (SSSR count). The fourth-order valence-electron chi connectivity index (χ4n) is 1.87. The fraction of sp³-hybridized carbons (Fsp3) is 0.188. The van der Waals surface area contributed by atoms with Gasteiger partial charge in [-0.3, -0.25) is 4.79 Å². The molecule has 0 heterocycles. The summed E-state index contributed by atoms with van der Waals surface area (Å²) in [7, 11) is 0. The van der Waals surface area contributed by atoms with E-state index in [1.54, 1.807) is 18.2 Å². The molecule has 0 aromatic heterocycles. The van der Waals surface area contributed by atoms with Crippen LogP contribution in [0.4, 0.5) is 8.78 Å². The second kappa shape index (κ2) is 7.75. The summed E-state index contributed by atoms with van der Waals surface area (Å²) in [5.74, 6) is -0.113. The predicted octanol–water partition coefficient (Wildman–Crippen LogP) is 3.80. The molecule has 0 saturated carbocycles. The topological polar surface area (TPSA) is 38.3 Å². The first kappa shape index (κ1) is 16.2. The highest BCUT2D eigenvalue weighted by Crippen LogP contribution is 2.16. The van der Waals surface area contributed by atoms with Gasteiger partial charge in [-0.15, -0.1) is 0 Å². The Bertz CT molecular complexity index is 632. The number of hydrogen-bond donors (Lipinski definition) is 1. The zero-order valence-corrected chi connectivity index (χ0v) is 12.3. The van der Waals surface area contributed by atoms with E-state index < -0.39 is 6.61 Å². The molecule has 0 saturated heterocycles. The Morgan fingerprint density at radius 2 is 1.82 bits per heavy atom. The van der Waals surface area contributed by atoms with Gasteiger partial charge >= 0.3 is 6.61 Å². The van der Waals surface area contributed by atoms with Crippen molar-refractivity contribution in [2.24, 2.45) is 0 Å². The van der Waals surface area contributed by atoms with Gasteiger partial charge in [0.05, 0.1) is 6.42 Å². The number of carbonyl (C=O) groups excluding carboxylic acids is 1. The summed E-state index contributed by atoms with van der Waals surface area (Å²) in [6, 6.07) is 13.2. The van der Waals surface area contributed by atoms with Crippen molar-refractivity contribution in [1.82, 2.24) is 5.32 Å². The highest BCUT2D eigenvalue weighted by atomic mass is 35.5. The fourth-order valence-corrected chi connectivity index (χ4v) is 2.07. The van der Waals surface area contributed by atoms with E-state index in [4.69, 9.17) is 11.6 Å². The number of nitrogens with one attached hydrogen (secondary N) is 1. The molecular weight excluding hydrogens is 312 g/mol. The van der Waals surface area contributed by atoms with Gasteiger partial charge in [-0.2, -0.15) is 8.78 Å². The third kappa shape index (κ3) is 5.00. The predicted molar refractivity (Wildman–Crippen MR) is 80.1 cm³/mol. The first-order chi connectivity index (χ1) is 10.5. The number of hydrogen-bond acceptors (Lipinski definition) is 2. The second-order valence-corrected chi connectivity index (χ2v) is 4.97. The highest BCUT2D eigenvalue weighted by Gasteiger charge is 2.07. The first-order valence-electron chi connectivity index (χ1n) is 6.58. The van der Waals surface area contributed by atoms with Crippen LogP contribution >= 0.6 is 11.6 Å². The maximum absolute atomic E-state index is 12.0. The largest absolute Gasteiger partial charge is 0.435 e. The Kier molecular flexibility index (Phi) is 5.72. The van der Waals surface area contributed by atoms with Crippen molar-refractivity contribution in [2.45, 2.75) is 19.6 Å². The van der Waals surface area contributed by atoms with Crippen LogP contribution in [0.1, 0.15) is 11.1 Å². The molecular formula is C16H14ClF2NO2. The molecule has 2 aromatic carbocycles. The minimum Gasteiger partial charge on any atom is -0.435 e. The maximum atomic E-state index is 12.0. The van der Waals surface area contributed by atoms with Crippen LogP contribution in [-0.4, -0.2) is 12.5 Å². The van der Waals surface area contributed by atoms with E-state index in [9.17, 15) is 13.6 Å². The summed E-state index contributed by atoms with van der Waals surface area (Å²) in [5.41, 5.74) is 1.54. The molecule has 0 aliphatic rings. The van der Waals surface area contributed by atoms with E-state index in [2.05, 4.69) is 10.1 Å². The summed E-state index contributed by atoms with van der Waals surface area (Å²) >= 11 is 6.00. The first-order valence-corrected chi connectivity index (χ1v) is 6.96. The van der Waals surface area contributed by atoms with Crippen LogP contribution in [0, 0.1) is 0 Å². The lowest BCUT2D eigenvalue weighted by molar-refractivity contribution is -0.120. The van der Waals surface area contributed by atoms with Gasteiger partial charge in [0.2, 0.25) is 5.91 Å². The maximum Gasteiger partial charge on any atom is 0.387 e. The van der Waals surface area contributed by atoms with Crippen molar-refractivity contribution in [3.8, 4) is 5.75 Å². The van der Waals surface area contributed by atoms with Gasteiger partial charge in [-0.25, -0.2) is 0 Å². The summed E-state index contributed by atoms with van der Waals surface area (Å²) in [6.07, 6.45) is 0.152. The van der Waals surface area contributed by atoms with E-state index in [1.807, 2.05) is 18.2 Å². The Morgan fingerprint density at radius 1 is 1.14 bits per heavy atom. The number of carbonyl (C=O) groups is 1. The Hall–Kier alpha value is -2.14. The van der Waals surface area contributed by atoms with Crippen LogP contribution in [0.5, 0.6) is 5.75 Å². The minimum absolute atomic E-state index is 0.0650. The molecule has 1 N–H and O–H groups in total. The van der Waals surface area contributed by atoms with Crippen molar-refractivity contribution in [2.75, 3.05) is 0 Å². The van der Waals surface area contributed by atoms with Crippen LogP contribution in [0.2, 0.25) is 5.02 Å². The lowest BCUT2D eigenvalue weighted by Gasteiger charge is -2.08. The number of alkyl halides is 2. The van der Waals surface area contributed by atoms with Gasteiger partial charge < -0.3 is 10.1 Å². The molecule has 0 atom stereocenters. The molecule has 0 radical (unpaired) electrons. The molecule has 6 heteroatoms. The normalized spacial score (nSPS) is 10.5. The van der Waals surface area contributed by atoms with Crippen molar-refractivity contribution in [3.63, 3.8) is 0 Å². The van der Waals surface area contributed by atoms with Gasteiger partial charge in [-0.05, 0) is 29.3 Å². The zero-order valence-electron chi connectivity index (χ0n) is 11.6. The van der Waals surface area contributed by atoms with Gasteiger partial charge in [0.25, 0.3) is 0 Å². The van der Waals surface area contributed by atoms with Crippen molar-refractivity contribution in [1.29, 1.82) is 0 Å². The lowest BCUT2D eigenvalue weighted by atomic mass is 10.1. The van der Waals surface area contributed by atoms with Gasteiger partial charge in [0.1, 0.15) is 5.75 Å². The average Bonchev–Trinajstić information content (AvgIpc) is 2.48. The van der Waals surface area contributed by atoms with Crippen molar-refractivity contribution < 1.29 is 18.3 Å². The Balaban J connectivity index is 1.85. The van der Waals surface area contributed by atoms with E-state index in [1.165, 1.54) is 12.1 Å². The number of benzene rings is 2. The van der Waals surface area contributed by atoms with Crippen LogP contribution in [0.25, 0.3) is 0 Å². The summed E-state index contributed by atoms with van der Waals surface area (Å²) in [5, 5.41) is 3.35. The summed E-state index contributed by atoms with van der Waals surface area (Å²) < 4.78 is 28.3. The smallest absolute Gasteiger partial charge is 0.387 e. The molecule has 1 amide bonds. The van der Waals surface area contributed by atoms with E-state index in [0.717, 1.165) is 5.56 Å². The summed E-state index contributed by atoms with van der Waals surface area (Å²) in [4.78, 5) is 11.9. The Labute approximate surface area is 131 Å². The molecule has 2 aromatic rings. The lowest BCUT2D eigenvalue weighted by Crippen LogP contribution is -2.24. The zero-order chi connectivity index (χ0) is 15.9. The number of ether oxygens (including phenoxy) is 1. The summed E-state index contributed by atoms with van der Waals surface area (Å²) in [6.45, 7) is -2.52. The quantitative estimate of drug-likeness (QED) is 0.877. The van der Waals surface area contributed by atoms with Crippen molar-refractivity contribution >= 4 is 17.5 Å². The van der Waals surface area contributed by atoms with E-state index >= 15 is 0 Å². The molecule has 3 nitrogen and oxygen atoms in total. The highest BCUT2D eigenvalue weighted by molar-refractivity contribution is 6.31.